The lowest BCUT2D eigenvalue weighted by atomic mass is 9.81. The van der Waals surface area contributed by atoms with Gasteiger partial charge in [-0.3, -0.25) is 0 Å². The number of hydrogen-bond acceptors (Lipinski definition) is 1. The Morgan fingerprint density at radius 2 is 1.94 bits per heavy atom. The summed E-state index contributed by atoms with van der Waals surface area (Å²) in [5.74, 6) is 1.75. The van der Waals surface area contributed by atoms with Gasteiger partial charge in [0, 0.05) is 18.4 Å². The molecule has 0 aromatic carbocycles. The van der Waals surface area contributed by atoms with Gasteiger partial charge in [-0.15, -0.1) is 0 Å². The molecule has 1 rings (SSSR count). The van der Waals surface area contributed by atoms with Gasteiger partial charge in [-0.1, -0.05) is 50.0 Å². The Hall–Kier alpha value is 0.440. The van der Waals surface area contributed by atoms with E-state index in [2.05, 4.69) is 48.5 Å². The summed E-state index contributed by atoms with van der Waals surface area (Å²) in [6.07, 6.45) is 4.39. The van der Waals surface area contributed by atoms with Gasteiger partial charge in [-0.25, -0.2) is 0 Å². The Bertz CT molecular complexity index is 193. The molecule has 0 aromatic heterocycles. The molecule has 0 radical (unpaired) electrons. The first-order valence-electron chi connectivity index (χ1n) is 6.75. The fourth-order valence-corrected chi connectivity index (χ4v) is 3.42. The maximum atomic E-state index is 3.68. The predicted molar refractivity (Wildman–Crippen MR) is 76.2 cm³/mol. The van der Waals surface area contributed by atoms with Crippen molar-refractivity contribution in [3.05, 3.63) is 0 Å². The standard InChI is InChI=1S/C14H28BrN/c1-5-16(10-12-7-6-8-12)11-13(9-15)14(2,3)4/h12-13H,5-11H2,1-4H3. The first-order valence-corrected chi connectivity index (χ1v) is 7.87. The van der Waals surface area contributed by atoms with Crippen LogP contribution in [-0.2, 0) is 0 Å². The van der Waals surface area contributed by atoms with E-state index in [9.17, 15) is 0 Å². The van der Waals surface area contributed by atoms with E-state index in [0.717, 1.165) is 17.2 Å². The molecule has 1 unspecified atom stereocenters. The molecule has 16 heavy (non-hydrogen) atoms. The third kappa shape index (κ3) is 4.37. The first kappa shape index (κ1) is 14.5. The summed E-state index contributed by atoms with van der Waals surface area (Å²) in [7, 11) is 0. The van der Waals surface area contributed by atoms with Gasteiger partial charge in [0.2, 0.25) is 0 Å². The summed E-state index contributed by atoms with van der Waals surface area (Å²) < 4.78 is 0. The van der Waals surface area contributed by atoms with Crippen LogP contribution in [-0.4, -0.2) is 29.9 Å². The van der Waals surface area contributed by atoms with E-state index in [1.807, 2.05) is 0 Å². The zero-order valence-corrected chi connectivity index (χ0v) is 13.0. The summed E-state index contributed by atoms with van der Waals surface area (Å²) in [6, 6.07) is 0. The van der Waals surface area contributed by atoms with Crippen LogP contribution in [0.3, 0.4) is 0 Å². The number of halogens is 1. The van der Waals surface area contributed by atoms with Crippen molar-refractivity contribution in [2.75, 3.05) is 25.0 Å². The topological polar surface area (TPSA) is 3.24 Å². The van der Waals surface area contributed by atoms with E-state index in [0.29, 0.717) is 5.41 Å². The number of alkyl halides is 1. The second-order valence-corrected chi connectivity index (χ2v) is 7.01. The van der Waals surface area contributed by atoms with Crippen LogP contribution in [0.5, 0.6) is 0 Å². The second-order valence-electron chi connectivity index (χ2n) is 6.37. The molecule has 0 N–H and O–H groups in total. The summed E-state index contributed by atoms with van der Waals surface area (Å²) >= 11 is 3.68. The number of hydrogen-bond donors (Lipinski definition) is 0. The van der Waals surface area contributed by atoms with Gasteiger partial charge in [0.05, 0.1) is 0 Å². The van der Waals surface area contributed by atoms with Crippen LogP contribution < -0.4 is 0 Å². The molecular formula is C14H28BrN. The van der Waals surface area contributed by atoms with Crippen molar-refractivity contribution in [3.63, 3.8) is 0 Å². The molecule has 2 heteroatoms. The van der Waals surface area contributed by atoms with Crippen LogP contribution in [0.2, 0.25) is 0 Å². The molecule has 1 aliphatic rings. The minimum atomic E-state index is 0.413. The fraction of sp³-hybridized carbons (Fsp3) is 1.00. The zero-order valence-electron chi connectivity index (χ0n) is 11.4. The lowest BCUT2D eigenvalue weighted by Crippen LogP contribution is -2.40. The third-order valence-electron chi connectivity index (χ3n) is 4.08. The highest BCUT2D eigenvalue weighted by molar-refractivity contribution is 9.09. The number of nitrogens with zero attached hydrogens (tertiary/aromatic N) is 1. The minimum absolute atomic E-state index is 0.413. The van der Waals surface area contributed by atoms with Crippen molar-refractivity contribution in [2.45, 2.75) is 47.0 Å². The van der Waals surface area contributed by atoms with E-state index in [4.69, 9.17) is 0 Å². The average molecular weight is 290 g/mol. The van der Waals surface area contributed by atoms with Crippen LogP contribution in [0.4, 0.5) is 0 Å². The van der Waals surface area contributed by atoms with Crippen LogP contribution in [0, 0.1) is 17.3 Å². The minimum Gasteiger partial charge on any atom is -0.303 e. The maximum Gasteiger partial charge on any atom is 0.00768 e. The molecule has 1 aliphatic carbocycles. The highest BCUT2D eigenvalue weighted by Gasteiger charge is 2.27. The Kier molecular flexibility index (Phi) is 5.79. The Morgan fingerprint density at radius 1 is 1.31 bits per heavy atom. The largest absolute Gasteiger partial charge is 0.303 e. The molecule has 0 spiro atoms. The zero-order chi connectivity index (χ0) is 12.2. The summed E-state index contributed by atoms with van der Waals surface area (Å²) in [5, 5.41) is 1.12. The van der Waals surface area contributed by atoms with Crippen molar-refractivity contribution in [3.8, 4) is 0 Å². The predicted octanol–water partition coefficient (Wildman–Crippen LogP) is 4.17. The summed E-state index contributed by atoms with van der Waals surface area (Å²) in [5.41, 5.74) is 0.413. The van der Waals surface area contributed by atoms with Gasteiger partial charge in [0.15, 0.2) is 0 Å². The van der Waals surface area contributed by atoms with Crippen LogP contribution in [0.15, 0.2) is 0 Å². The SMILES string of the molecule is CCN(CC1CCC1)CC(CBr)C(C)(C)C. The molecule has 0 aliphatic heterocycles. The molecule has 96 valence electrons. The molecular weight excluding hydrogens is 262 g/mol. The molecule has 1 atom stereocenters. The quantitative estimate of drug-likeness (QED) is 0.664. The smallest absolute Gasteiger partial charge is 0.00768 e. The molecule has 0 aromatic rings. The Morgan fingerprint density at radius 3 is 2.25 bits per heavy atom. The lowest BCUT2D eigenvalue weighted by molar-refractivity contribution is 0.130. The van der Waals surface area contributed by atoms with Gasteiger partial charge < -0.3 is 4.90 Å². The molecule has 1 fully saturated rings. The first-order chi connectivity index (χ1) is 7.47. The maximum absolute atomic E-state index is 3.68. The summed E-state index contributed by atoms with van der Waals surface area (Å²) in [6.45, 7) is 13.2. The van der Waals surface area contributed by atoms with Gasteiger partial charge >= 0.3 is 0 Å². The van der Waals surface area contributed by atoms with Crippen molar-refractivity contribution in [2.24, 2.45) is 17.3 Å². The normalized spacial score (nSPS) is 19.9. The van der Waals surface area contributed by atoms with Crippen molar-refractivity contribution in [1.82, 2.24) is 4.90 Å². The molecule has 1 saturated carbocycles. The highest BCUT2D eigenvalue weighted by atomic mass is 79.9. The van der Waals surface area contributed by atoms with Gasteiger partial charge in [-0.05, 0) is 36.6 Å². The van der Waals surface area contributed by atoms with Crippen molar-refractivity contribution >= 4 is 15.9 Å². The van der Waals surface area contributed by atoms with E-state index < -0.39 is 0 Å². The van der Waals surface area contributed by atoms with Gasteiger partial charge in [-0.2, -0.15) is 0 Å². The fourth-order valence-electron chi connectivity index (χ4n) is 2.24. The average Bonchev–Trinajstić information content (AvgIpc) is 2.13. The highest BCUT2D eigenvalue weighted by Crippen LogP contribution is 2.31. The number of rotatable bonds is 6. The molecule has 0 heterocycles. The van der Waals surface area contributed by atoms with Crippen molar-refractivity contribution in [1.29, 1.82) is 0 Å². The van der Waals surface area contributed by atoms with Crippen LogP contribution >= 0.6 is 15.9 Å². The van der Waals surface area contributed by atoms with Gasteiger partial charge in [0.25, 0.3) is 0 Å². The Labute approximate surface area is 110 Å². The molecule has 0 saturated heterocycles. The molecule has 1 nitrogen and oxygen atoms in total. The Balaban J connectivity index is 2.40. The van der Waals surface area contributed by atoms with Gasteiger partial charge in [0.1, 0.15) is 0 Å². The van der Waals surface area contributed by atoms with Crippen molar-refractivity contribution < 1.29 is 0 Å². The van der Waals surface area contributed by atoms with E-state index in [1.165, 1.54) is 38.9 Å². The van der Waals surface area contributed by atoms with Crippen LogP contribution in [0.25, 0.3) is 0 Å². The monoisotopic (exact) mass is 289 g/mol. The molecule has 0 bridgehead atoms. The van der Waals surface area contributed by atoms with E-state index in [1.54, 1.807) is 0 Å². The van der Waals surface area contributed by atoms with Crippen LogP contribution in [0.1, 0.15) is 47.0 Å². The molecule has 0 amide bonds. The third-order valence-corrected chi connectivity index (χ3v) is 4.86. The lowest BCUT2D eigenvalue weighted by Gasteiger charge is -2.37. The van der Waals surface area contributed by atoms with E-state index in [-0.39, 0.29) is 0 Å². The second kappa shape index (κ2) is 6.39. The summed E-state index contributed by atoms with van der Waals surface area (Å²) in [4.78, 5) is 2.65. The van der Waals surface area contributed by atoms with E-state index >= 15 is 0 Å².